The molecule has 174 valence electrons. The fraction of sp³-hybridized carbons (Fsp3) is 0. The summed E-state index contributed by atoms with van der Waals surface area (Å²) in [7, 11) is 0. The van der Waals surface area contributed by atoms with Crippen molar-refractivity contribution in [3.63, 3.8) is 0 Å². The third-order valence-electron chi connectivity index (χ3n) is 1.70. The summed E-state index contributed by atoms with van der Waals surface area (Å²) in [5.74, 6) is -3.26. The fourth-order valence-corrected chi connectivity index (χ4v) is 0.854. The van der Waals surface area contributed by atoms with E-state index in [4.69, 9.17) is 21.0 Å². The van der Waals surface area contributed by atoms with Crippen LogP contribution in [-0.4, -0.2) is 31.9 Å². The van der Waals surface area contributed by atoms with Crippen LogP contribution >= 0.6 is 0 Å². The monoisotopic (exact) mass is 542 g/mol. The summed E-state index contributed by atoms with van der Waals surface area (Å²) in [4.78, 5) is 33.6. The molecule has 0 unspecified atom stereocenters. The molecule has 0 saturated heterocycles. The molecule has 32 heavy (non-hydrogen) atoms. The first-order chi connectivity index (χ1) is 13.4. The molecule has 2 heterocycles. The summed E-state index contributed by atoms with van der Waals surface area (Å²) in [6.07, 6.45) is 10.5. The molecule has 0 saturated carbocycles. The second-order valence-corrected chi connectivity index (χ2v) is 3.34. The van der Waals surface area contributed by atoms with Gasteiger partial charge in [0.15, 0.2) is 11.6 Å². The number of carbonyl (C=O) groups is 2. The van der Waals surface area contributed by atoms with Crippen LogP contribution in [-0.2, 0) is 45.1 Å². The molecule has 0 spiro atoms. The van der Waals surface area contributed by atoms with E-state index in [9.17, 15) is 19.8 Å². The summed E-state index contributed by atoms with van der Waals surface area (Å²) >= 11 is 0. The second-order valence-electron chi connectivity index (χ2n) is 3.34. The molecule has 0 amide bonds. The molecule has 0 aliphatic rings. The van der Waals surface area contributed by atoms with Crippen LogP contribution in [0.25, 0.3) is 10.6 Å². The number of carbonyl (C=O) groups excluding carboxylic acids is 2. The van der Waals surface area contributed by atoms with Crippen molar-refractivity contribution in [3.8, 4) is 24.8 Å². The van der Waals surface area contributed by atoms with E-state index in [0.29, 0.717) is 0 Å². The smallest absolute Gasteiger partial charge is 0.542 e. The van der Waals surface area contributed by atoms with Crippen LogP contribution in [0.15, 0.2) is 36.9 Å². The topological polar surface area (TPSA) is 321 Å². The predicted octanol–water partition coefficient (Wildman–Crippen LogP) is -3.52. The Morgan fingerprint density at radius 3 is 0.969 bits per heavy atom. The van der Waals surface area contributed by atoms with Crippen LogP contribution in [0.3, 0.4) is 0 Å². The van der Waals surface area contributed by atoms with E-state index >= 15 is 0 Å². The standard InChI is InChI=1S/2C5H4N2O2.2C2N3.2Cu.2H2O/c2*8-5(9)4-6-2-1-3-7-4;2*3-1-5-2-4;;;;/h2*1-3H,(H,8,9);;;;;2*1H2/q;;2*-1;2*+2;;. The van der Waals surface area contributed by atoms with Gasteiger partial charge in [-0.2, -0.15) is 0 Å². The van der Waals surface area contributed by atoms with Crippen LogP contribution in [0, 0.1) is 45.8 Å². The summed E-state index contributed by atoms with van der Waals surface area (Å²) in [6, 6.07) is 3.07. The van der Waals surface area contributed by atoms with Gasteiger partial charge in [-0.15, -0.1) is 0 Å². The van der Waals surface area contributed by atoms with Crippen LogP contribution in [0.2, 0.25) is 0 Å². The Kier molecular flexibility index (Phi) is 41.0. The van der Waals surface area contributed by atoms with Gasteiger partial charge in [-0.1, -0.05) is 0 Å². The minimum atomic E-state index is -1.35. The molecule has 2 radical (unpaired) electrons. The van der Waals surface area contributed by atoms with E-state index < -0.39 is 11.9 Å². The molecule has 6 N–H and O–H groups in total. The SMILES string of the molecule is N#C[N-]C#N.N#C[N-]C#N.O=C([O-])c1ncccn1.O=C([O-])c1ncccn1.[Cu+2].[Cu+2].[OH3+].[OH3+]. The number of aromatic nitrogens is 4. The number of nitrogens with zero attached hydrogens (tertiary/aromatic N) is 10. The molecular weight excluding hydrogens is 531 g/mol. The van der Waals surface area contributed by atoms with Crippen LogP contribution in [0.1, 0.15) is 21.2 Å². The van der Waals surface area contributed by atoms with Gasteiger partial charge in [0, 0.05) is 49.6 Å². The predicted molar refractivity (Wildman–Crippen MR) is 91.6 cm³/mol. The normalized spacial score (nSPS) is 6.12. The van der Waals surface area contributed by atoms with Crippen molar-refractivity contribution in [1.29, 1.82) is 21.0 Å². The Hall–Kier alpha value is -4.38. The van der Waals surface area contributed by atoms with Gasteiger partial charge in [0.25, 0.3) is 0 Å². The van der Waals surface area contributed by atoms with Crippen molar-refractivity contribution < 1.29 is 64.9 Å². The molecule has 0 fully saturated rings. The van der Waals surface area contributed by atoms with Crippen LogP contribution in [0.4, 0.5) is 0 Å². The average molecular weight is 543 g/mol. The molecule has 0 aromatic carbocycles. The first-order valence-electron chi connectivity index (χ1n) is 6.37. The molecule has 0 aliphatic carbocycles. The molecule has 2 rings (SSSR count). The van der Waals surface area contributed by atoms with Crippen molar-refractivity contribution in [2.24, 2.45) is 0 Å². The second kappa shape index (κ2) is 31.3. The minimum absolute atomic E-state index is 0. The quantitative estimate of drug-likeness (QED) is 0.202. The number of nitriles is 4. The third kappa shape index (κ3) is 27.8. The van der Waals surface area contributed by atoms with Crippen molar-refractivity contribution in [3.05, 3.63) is 59.2 Å². The van der Waals surface area contributed by atoms with Crippen molar-refractivity contribution in [2.75, 3.05) is 0 Å². The zero-order valence-electron chi connectivity index (χ0n) is 15.3. The number of hydrogen-bond acceptors (Lipinski definition) is 12. The zero-order valence-corrected chi connectivity index (χ0v) is 17.2. The minimum Gasteiger partial charge on any atom is -0.542 e. The summed E-state index contributed by atoms with van der Waals surface area (Å²) < 4.78 is 0. The molecule has 0 bridgehead atoms. The van der Waals surface area contributed by atoms with Gasteiger partial charge < -0.3 is 51.8 Å². The van der Waals surface area contributed by atoms with E-state index in [-0.39, 0.29) is 56.7 Å². The first-order valence-corrected chi connectivity index (χ1v) is 6.37. The number of aromatic carboxylic acids is 2. The first kappa shape index (κ1) is 41.9. The van der Waals surface area contributed by atoms with E-state index in [1.807, 2.05) is 0 Å². The molecule has 0 atom stereocenters. The van der Waals surface area contributed by atoms with E-state index in [0.717, 1.165) is 0 Å². The van der Waals surface area contributed by atoms with Crippen molar-refractivity contribution in [1.82, 2.24) is 19.9 Å². The summed E-state index contributed by atoms with van der Waals surface area (Å²) in [6.45, 7) is 0. The van der Waals surface area contributed by atoms with Gasteiger partial charge in [0.1, 0.15) is 11.9 Å². The fourth-order valence-electron chi connectivity index (χ4n) is 0.854. The summed E-state index contributed by atoms with van der Waals surface area (Å²) in [5.41, 5.74) is 0. The Morgan fingerprint density at radius 2 is 0.875 bits per heavy atom. The molecule has 16 nitrogen and oxygen atoms in total. The molecule has 2 aromatic heterocycles. The van der Waals surface area contributed by atoms with Gasteiger partial charge in [0.2, 0.25) is 0 Å². The van der Waals surface area contributed by atoms with E-state index in [1.54, 1.807) is 0 Å². The summed E-state index contributed by atoms with van der Waals surface area (Å²) in [5, 5.41) is 54.8. The maximum Gasteiger partial charge on any atom is 2.00 e. The van der Waals surface area contributed by atoms with Gasteiger partial charge in [-0.05, 0) is 12.1 Å². The molecule has 0 aliphatic heterocycles. The molecule has 18 heteroatoms. The number of carboxylic acid groups (broad SMARTS) is 2. The average Bonchev–Trinajstić information content (AvgIpc) is 2.72. The van der Waals surface area contributed by atoms with Crippen molar-refractivity contribution in [2.45, 2.75) is 0 Å². The van der Waals surface area contributed by atoms with Gasteiger partial charge in [-0.3, -0.25) is 10.6 Å². The van der Waals surface area contributed by atoms with E-state index in [1.165, 1.54) is 61.7 Å². The van der Waals surface area contributed by atoms with Gasteiger partial charge >= 0.3 is 34.1 Å². The number of carboxylic acids is 2. The van der Waals surface area contributed by atoms with Gasteiger partial charge in [-0.25, -0.2) is 19.9 Å². The maximum atomic E-state index is 9.96. The Labute approximate surface area is 201 Å². The maximum absolute atomic E-state index is 9.96. The Morgan fingerprint density at radius 1 is 0.656 bits per heavy atom. The number of hydrogen-bond donors (Lipinski definition) is 0. The Balaban J connectivity index is -0.0000000701. The largest absolute Gasteiger partial charge is 2.00 e. The molecular formula is C14H12Cu2N10O6+2. The van der Waals surface area contributed by atoms with Crippen LogP contribution < -0.4 is 10.2 Å². The van der Waals surface area contributed by atoms with Crippen LogP contribution in [0.5, 0.6) is 0 Å². The van der Waals surface area contributed by atoms with Gasteiger partial charge in [0.05, 0.1) is 0 Å². The Bertz CT molecular complexity index is 795. The third-order valence-corrected chi connectivity index (χ3v) is 1.70. The van der Waals surface area contributed by atoms with E-state index in [2.05, 4.69) is 30.6 Å². The number of rotatable bonds is 2. The zero-order chi connectivity index (χ0) is 21.6. The van der Waals surface area contributed by atoms with Crippen molar-refractivity contribution >= 4 is 11.9 Å². The molecule has 2 aromatic rings.